The van der Waals surface area contributed by atoms with Crippen molar-refractivity contribution in [2.75, 3.05) is 18.1 Å². The third-order valence-corrected chi connectivity index (χ3v) is 4.29. The van der Waals surface area contributed by atoms with E-state index in [2.05, 4.69) is 0 Å². The summed E-state index contributed by atoms with van der Waals surface area (Å²) in [6.45, 7) is 0.556. The van der Waals surface area contributed by atoms with E-state index in [9.17, 15) is 9.59 Å². The SMILES string of the molecule is N#Cc1ccc(OCC(=O)c2ccc(N3CCCC3=O)cc2)c(Cl)c1. The Kier molecular flexibility index (Phi) is 5.01. The Morgan fingerprint density at radius 1 is 1.24 bits per heavy atom. The van der Waals surface area contributed by atoms with Crippen molar-refractivity contribution in [1.29, 1.82) is 5.26 Å². The molecule has 0 radical (unpaired) electrons. The van der Waals surface area contributed by atoms with E-state index >= 15 is 0 Å². The zero-order valence-electron chi connectivity index (χ0n) is 13.4. The Hall–Kier alpha value is -2.84. The van der Waals surface area contributed by atoms with Gasteiger partial charge in [0.05, 0.1) is 16.7 Å². The minimum atomic E-state index is -0.195. The monoisotopic (exact) mass is 354 g/mol. The summed E-state index contributed by atoms with van der Waals surface area (Å²) in [5, 5.41) is 9.10. The van der Waals surface area contributed by atoms with E-state index in [0.29, 0.717) is 29.8 Å². The van der Waals surface area contributed by atoms with Gasteiger partial charge in [0, 0.05) is 24.2 Å². The number of nitriles is 1. The average molecular weight is 355 g/mol. The lowest BCUT2D eigenvalue weighted by atomic mass is 10.1. The number of carbonyl (C=O) groups excluding carboxylic acids is 2. The van der Waals surface area contributed by atoms with Crippen LogP contribution in [0.2, 0.25) is 5.02 Å². The van der Waals surface area contributed by atoms with Crippen LogP contribution in [0.4, 0.5) is 5.69 Å². The molecule has 0 N–H and O–H groups in total. The van der Waals surface area contributed by atoms with Gasteiger partial charge >= 0.3 is 0 Å². The minimum Gasteiger partial charge on any atom is -0.484 e. The first kappa shape index (κ1) is 17.0. The van der Waals surface area contributed by atoms with Crippen molar-refractivity contribution in [1.82, 2.24) is 0 Å². The van der Waals surface area contributed by atoms with Gasteiger partial charge in [-0.1, -0.05) is 11.6 Å². The molecule has 5 nitrogen and oxygen atoms in total. The van der Waals surface area contributed by atoms with E-state index in [0.717, 1.165) is 12.1 Å². The highest BCUT2D eigenvalue weighted by Crippen LogP contribution is 2.26. The van der Waals surface area contributed by atoms with Gasteiger partial charge in [0.25, 0.3) is 0 Å². The number of anilines is 1. The molecule has 0 unspecified atom stereocenters. The third kappa shape index (κ3) is 3.81. The smallest absolute Gasteiger partial charge is 0.227 e. The molecule has 0 atom stereocenters. The number of nitrogens with zero attached hydrogens (tertiary/aromatic N) is 2. The number of hydrogen-bond donors (Lipinski definition) is 0. The van der Waals surface area contributed by atoms with Gasteiger partial charge < -0.3 is 9.64 Å². The standard InChI is InChI=1S/C19H15ClN2O3/c20-16-10-13(11-21)3-8-18(16)25-12-17(23)14-4-6-15(7-5-14)22-9-1-2-19(22)24/h3-8,10H,1-2,9,12H2. The first-order valence-electron chi connectivity index (χ1n) is 7.84. The largest absolute Gasteiger partial charge is 0.484 e. The fourth-order valence-electron chi connectivity index (χ4n) is 2.66. The van der Waals surface area contributed by atoms with Gasteiger partial charge in [-0.25, -0.2) is 0 Å². The minimum absolute atomic E-state index is 0.109. The van der Waals surface area contributed by atoms with Gasteiger partial charge in [-0.3, -0.25) is 9.59 Å². The number of benzene rings is 2. The van der Waals surface area contributed by atoms with Gasteiger partial charge in [-0.05, 0) is 48.9 Å². The molecule has 1 amide bonds. The summed E-state index contributed by atoms with van der Waals surface area (Å²) in [7, 11) is 0. The van der Waals surface area contributed by atoms with Crippen LogP contribution in [-0.4, -0.2) is 24.8 Å². The lowest BCUT2D eigenvalue weighted by molar-refractivity contribution is -0.117. The van der Waals surface area contributed by atoms with Crippen molar-refractivity contribution >= 4 is 29.0 Å². The van der Waals surface area contributed by atoms with Crippen LogP contribution in [0.1, 0.15) is 28.8 Å². The molecule has 6 heteroatoms. The molecular weight excluding hydrogens is 340 g/mol. The number of ether oxygens (including phenoxy) is 1. The number of rotatable bonds is 5. The molecule has 2 aromatic carbocycles. The fourth-order valence-corrected chi connectivity index (χ4v) is 2.90. The Labute approximate surface area is 150 Å². The Morgan fingerprint density at radius 2 is 2.00 bits per heavy atom. The highest BCUT2D eigenvalue weighted by atomic mass is 35.5. The van der Waals surface area contributed by atoms with Crippen LogP contribution >= 0.6 is 11.6 Å². The van der Waals surface area contributed by atoms with Crippen molar-refractivity contribution in [3.05, 3.63) is 58.6 Å². The zero-order chi connectivity index (χ0) is 17.8. The predicted molar refractivity (Wildman–Crippen MR) is 94.0 cm³/mol. The maximum atomic E-state index is 12.2. The number of carbonyl (C=O) groups is 2. The second-order valence-corrected chi connectivity index (χ2v) is 6.07. The van der Waals surface area contributed by atoms with E-state index in [1.165, 1.54) is 6.07 Å². The predicted octanol–water partition coefficient (Wildman–Crippen LogP) is 3.60. The van der Waals surface area contributed by atoms with Gasteiger partial charge in [0.2, 0.25) is 5.91 Å². The molecule has 1 fully saturated rings. The van der Waals surface area contributed by atoms with Gasteiger partial charge in [-0.2, -0.15) is 5.26 Å². The van der Waals surface area contributed by atoms with Crippen LogP contribution in [-0.2, 0) is 4.79 Å². The molecule has 1 heterocycles. The molecule has 25 heavy (non-hydrogen) atoms. The Balaban J connectivity index is 1.63. The molecule has 0 bridgehead atoms. The second kappa shape index (κ2) is 7.37. The first-order valence-corrected chi connectivity index (χ1v) is 8.22. The number of Topliss-reactive ketones (excluding diaryl/α,β-unsaturated/α-hetero) is 1. The van der Waals surface area contributed by atoms with Crippen molar-refractivity contribution in [2.24, 2.45) is 0 Å². The molecule has 0 spiro atoms. The second-order valence-electron chi connectivity index (χ2n) is 5.66. The van der Waals surface area contributed by atoms with Crippen molar-refractivity contribution < 1.29 is 14.3 Å². The normalized spacial score (nSPS) is 13.6. The Morgan fingerprint density at radius 3 is 2.60 bits per heavy atom. The highest BCUT2D eigenvalue weighted by molar-refractivity contribution is 6.32. The number of amides is 1. The first-order chi connectivity index (χ1) is 12.1. The molecule has 1 saturated heterocycles. The van der Waals surface area contributed by atoms with Gasteiger partial charge in [-0.15, -0.1) is 0 Å². The van der Waals surface area contributed by atoms with E-state index in [-0.39, 0.29) is 23.3 Å². The fraction of sp³-hybridized carbons (Fsp3) is 0.211. The van der Waals surface area contributed by atoms with E-state index in [1.807, 2.05) is 6.07 Å². The van der Waals surface area contributed by atoms with E-state index < -0.39 is 0 Å². The topological polar surface area (TPSA) is 70.4 Å². The molecule has 0 aromatic heterocycles. The lowest BCUT2D eigenvalue weighted by Crippen LogP contribution is -2.23. The van der Waals surface area contributed by atoms with Crippen molar-refractivity contribution in [3.63, 3.8) is 0 Å². The summed E-state index contributed by atoms with van der Waals surface area (Å²) >= 11 is 6.02. The molecular formula is C19H15ClN2O3. The van der Waals surface area contributed by atoms with Gasteiger partial charge in [0.1, 0.15) is 5.75 Å². The Bertz CT molecular complexity index is 856. The van der Waals surface area contributed by atoms with Crippen LogP contribution in [0.5, 0.6) is 5.75 Å². The quantitative estimate of drug-likeness (QED) is 0.769. The highest BCUT2D eigenvalue weighted by Gasteiger charge is 2.21. The summed E-state index contributed by atoms with van der Waals surface area (Å²) in [6.07, 6.45) is 1.43. The van der Waals surface area contributed by atoms with Crippen LogP contribution in [0, 0.1) is 11.3 Å². The molecule has 0 saturated carbocycles. The van der Waals surface area contributed by atoms with Crippen molar-refractivity contribution in [2.45, 2.75) is 12.8 Å². The maximum Gasteiger partial charge on any atom is 0.227 e. The molecule has 126 valence electrons. The average Bonchev–Trinajstić information content (AvgIpc) is 3.06. The maximum absolute atomic E-state index is 12.2. The van der Waals surface area contributed by atoms with Crippen LogP contribution in [0.15, 0.2) is 42.5 Å². The molecule has 1 aliphatic heterocycles. The number of hydrogen-bond acceptors (Lipinski definition) is 4. The van der Waals surface area contributed by atoms with Crippen LogP contribution < -0.4 is 9.64 Å². The summed E-state index contributed by atoms with van der Waals surface area (Å²) in [6, 6.07) is 13.5. The van der Waals surface area contributed by atoms with E-state index in [4.69, 9.17) is 21.6 Å². The van der Waals surface area contributed by atoms with Gasteiger partial charge in [0.15, 0.2) is 12.4 Å². The summed E-state index contributed by atoms with van der Waals surface area (Å²) < 4.78 is 5.44. The van der Waals surface area contributed by atoms with E-state index in [1.54, 1.807) is 41.3 Å². The lowest BCUT2D eigenvalue weighted by Gasteiger charge is -2.15. The van der Waals surface area contributed by atoms with Crippen molar-refractivity contribution in [3.8, 4) is 11.8 Å². The van der Waals surface area contributed by atoms with Crippen LogP contribution in [0.25, 0.3) is 0 Å². The molecule has 1 aliphatic rings. The summed E-state index contributed by atoms with van der Waals surface area (Å²) in [5.74, 6) is 0.269. The van der Waals surface area contributed by atoms with Crippen LogP contribution in [0.3, 0.4) is 0 Å². The summed E-state index contributed by atoms with van der Waals surface area (Å²) in [4.78, 5) is 25.7. The zero-order valence-corrected chi connectivity index (χ0v) is 14.1. The molecule has 2 aromatic rings. The number of ketones is 1. The molecule has 0 aliphatic carbocycles. The molecule has 3 rings (SSSR count). The number of halogens is 1. The summed E-state index contributed by atoms with van der Waals surface area (Å²) in [5.41, 5.74) is 1.73. The third-order valence-electron chi connectivity index (χ3n) is 3.99.